The van der Waals surface area contributed by atoms with Crippen molar-refractivity contribution < 1.29 is 5.11 Å². The van der Waals surface area contributed by atoms with E-state index in [2.05, 4.69) is 20.3 Å². The van der Waals surface area contributed by atoms with Crippen LogP contribution in [0.25, 0.3) is 10.2 Å². The standard InChI is InChI=1S/C12H17N5OS/c13-16-12-14-10(9-3-6-19-11(9)15-12)17-4-1-8(7-18)2-5-17/h3,6,8,18H,1-2,4-5,7,13H2,(H,14,15,16). The number of nitrogens with one attached hydrogen (secondary N) is 1. The lowest BCUT2D eigenvalue weighted by molar-refractivity contribution is 0.203. The fraction of sp³-hybridized carbons (Fsp3) is 0.500. The fourth-order valence-corrected chi connectivity index (χ4v) is 3.23. The molecule has 3 rings (SSSR count). The minimum absolute atomic E-state index is 0.279. The Bertz CT molecular complexity index is 564. The van der Waals surface area contributed by atoms with Gasteiger partial charge in [-0.3, -0.25) is 5.43 Å². The van der Waals surface area contributed by atoms with Crippen LogP contribution < -0.4 is 16.2 Å². The summed E-state index contributed by atoms with van der Waals surface area (Å²) in [6.45, 7) is 2.11. The second kappa shape index (κ2) is 5.28. The third kappa shape index (κ3) is 2.36. The predicted octanol–water partition coefficient (Wildman–Crippen LogP) is 1.19. The van der Waals surface area contributed by atoms with Crippen molar-refractivity contribution in [2.45, 2.75) is 12.8 Å². The molecule has 0 spiro atoms. The Morgan fingerprint density at radius 3 is 2.89 bits per heavy atom. The van der Waals surface area contributed by atoms with Crippen LogP contribution in [-0.4, -0.2) is 34.8 Å². The van der Waals surface area contributed by atoms with Crippen LogP contribution in [0.3, 0.4) is 0 Å². The number of nitrogens with zero attached hydrogens (tertiary/aromatic N) is 3. The van der Waals surface area contributed by atoms with Gasteiger partial charge in [-0.2, -0.15) is 4.98 Å². The van der Waals surface area contributed by atoms with Gasteiger partial charge in [0.2, 0.25) is 5.95 Å². The van der Waals surface area contributed by atoms with Crippen LogP contribution in [0.4, 0.5) is 11.8 Å². The molecule has 0 saturated carbocycles. The van der Waals surface area contributed by atoms with Gasteiger partial charge in [-0.05, 0) is 30.2 Å². The molecule has 19 heavy (non-hydrogen) atoms. The number of nitrogen functional groups attached to an aromatic ring is 1. The molecule has 0 atom stereocenters. The van der Waals surface area contributed by atoms with Crippen molar-refractivity contribution in [3.05, 3.63) is 11.4 Å². The number of hydrogen-bond donors (Lipinski definition) is 3. The highest BCUT2D eigenvalue weighted by atomic mass is 32.1. The summed E-state index contributed by atoms with van der Waals surface area (Å²) in [5, 5.41) is 12.3. The van der Waals surface area contributed by atoms with E-state index in [1.807, 2.05) is 11.4 Å². The first-order valence-electron chi connectivity index (χ1n) is 6.39. The Morgan fingerprint density at radius 1 is 1.42 bits per heavy atom. The Balaban J connectivity index is 1.93. The minimum Gasteiger partial charge on any atom is -0.396 e. The molecule has 0 bridgehead atoms. The Morgan fingerprint density at radius 2 is 2.21 bits per heavy atom. The Hall–Kier alpha value is -1.44. The molecule has 0 radical (unpaired) electrons. The molecule has 7 heteroatoms. The molecule has 2 aromatic heterocycles. The minimum atomic E-state index is 0.279. The first kappa shape index (κ1) is 12.6. The van der Waals surface area contributed by atoms with Crippen LogP contribution in [-0.2, 0) is 0 Å². The lowest BCUT2D eigenvalue weighted by atomic mass is 9.98. The number of anilines is 2. The maximum atomic E-state index is 9.20. The van der Waals surface area contributed by atoms with E-state index in [9.17, 15) is 5.11 Å². The van der Waals surface area contributed by atoms with Crippen LogP contribution in [0, 0.1) is 5.92 Å². The van der Waals surface area contributed by atoms with E-state index >= 15 is 0 Å². The van der Waals surface area contributed by atoms with Gasteiger partial charge in [-0.15, -0.1) is 11.3 Å². The number of rotatable bonds is 3. The number of aromatic nitrogens is 2. The zero-order valence-electron chi connectivity index (χ0n) is 10.5. The zero-order chi connectivity index (χ0) is 13.2. The topological polar surface area (TPSA) is 87.3 Å². The number of fused-ring (bicyclic) bond motifs is 1. The number of hydrogen-bond acceptors (Lipinski definition) is 7. The van der Waals surface area contributed by atoms with Crippen LogP contribution >= 0.6 is 11.3 Å². The summed E-state index contributed by atoms with van der Waals surface area (Å²) in [4.78, 5) is 12.0. The van der Waals surface area contributed by atoms with E-state index in [-0.39, 0.29) is 6.61 Å². The fourth-order valence-electron chi connectivity index (χ4n) is 2.47. The zero-order valence-corrected chi connectivity index (χ0v) is 11.4. The van der Waals surface area contributed by atoms with E-state index in [1.54, 1.807) is 11.3 Å². The number of hydrazine groups is 1. The molecule has 0 unspecified atom stereocenters. The van der Waals surface area contributed by atoms with Gasteiger partial charge in [0.15, 0.2) is 0 Å². The third-order valence-electron chi connectivity index (χ3n) is 3.61. The first-order chi connectivity index (χ1) is 9.31. The summed E-state index contributed by atoms with van der Waals surface area (Å²) >= 11 is 1.59. The summed E-state index contributed by atoms with van der Waals surface area (Å²) in [7, 11) is 0. The molecule has 1 aliphatic heterocycles. The molecule has 6 nitrogen and oxygen atoms in total. The summed E-state index contributed by atoms with van der Waals surface area (Å²) < 4.78 is 0. The van der Waals surface area contributed by atoms with Gasteiger partial charge in [-0.25, -0.2) is 10.8 Å². The van der Waals surface area contributed by atoms with Gasteiger partial charge in [0, 0.05) is 19.7 Å². The largest absolute Gasteiger partial charge is 0.396 e. The molecular weight excluding hydrogens is 262 g/mol. The van der Waals surface area contributed by atoms with Crippen molar-refractivity contribution in [3.63, 3.8) is 0 Å². The first-order valence-corrected chi connectivity index (χ1v) is 7.27. The van der Waals surface area contributed by atoms with E-state index in [0.29, 0.717) is 11.9 Å². The van der Waals surface area contributed by atoms with Crippen molar-refractivity contribution in [3.8, 4) is 0 Å². The molecule has 0 aromatic carbocycles. The molecule has 0 aliphatic carbocycles. The van der Waals surface area contributed by atoms with Crippen LogP contribution in [0.5, 0.6) is 0 Å². The van der Waals surface area contributed by atoms with Crippen molar-refractivity contribution in [2.24, 2.45) is 11.8 Å². The van der Waals surface area contributed by atoms with E-state index in [4.69, 9.17) is 5.84 Å². The molecule has 2 aromatic rings. The molecular formula is C12H17N5OS. The van der Waals surface area contributed by atoms with E-state index < -0.39 is 0 Å². The molecule has 1 fully saturated rings. The molecule has 1 saturated heterocycles. The average molecular weight is 279 g/mol. The monoisotopic (exact) mass is 279 g/mol. The van der Waals surface area contributed by atoms with Gasteiger partial charge < -0.3 is 10.0 Å². The van der Waals surface area contributed by atoms with Gasteiger partial charge in [0.25, 0.3) is 0 Å². The SMILES string of the molecule is NNc1nc(N2CCC(CO)CC2)c2ccsc2n1. The molecule has 0 amide bonds. The van der Waals surface area contributed by atoms with E-state index in [1.165, 1.54) is 0 Å². The second-order valence-corrected chi connectivity index (χ2v) is 5.66. The third-order valence-corrected chi connectivity index (χ3v) is 4.41. The molecule has 102 valence electrons. The second-order valence-electron chi connectivity index (χ2n) is 4.77. The maximum Gasteiger partial charge on any atom is 0.240 e. The lowest BCUT2D eigenvalue weighted by Crippen LogP contribution is -2.35. The van der Waals surface area contributed by atoms with Gasteiger partial charge in [0.05, 0.1) is 5.39 Å². The van der Waals surface area contributed by atoms with Crippen molar-refractivity contribution in [1.29, 1.82) is 0 Å². The van der Waals surface area contributed by atoms with Crippen LogP contribution in [0.1, 0.15) is 12.8 Å². The highest BCUT2D eigenvalue weighted by Gasteiger charge is 2.22. The lowest BCUT2D eigenvalue weighted by Gasteiger charge is -2.32. The van der Waals surface area contributed by atoms with Crippen molar-refractivity contribution >= 4 is 33.3 Å². The van der Waals surface area contributed by atoms with Crippen LogP contribution in [0.2, 0.25) is 0 Å². The quantitative estimate of drug-likeness (QED) is 0.578. The molecule has 3 heterocycles. The smallest absolute Gasteiger partial charge is 0.240 e. The number of nitrogens with two attached hydrogens (primary N) is 1. The average Bonchev–Trinajstić information content (AvgIpc) is 2.94. The summed E-state index contributed by atoms with van der Waals surface area (Å²) in [5.41, 5.74) is 2.53. The number of aliphatic hydroxyl groups is 1. The van der Waals surface area contributed by atoms with Gasteiger partial charge in [-0.1, -0.05) is 0 Å². The van der Waals surface area contributed by atoms with Gasteiger partial charge >= 0.3 is 0 Å². The van der Waals surface area contributed by atoms with Crippen molar-refractivity contribution in [2.75, 3.05) is 30.0 Å². The van der Waals surface area contributed by atoms with E-state index in [0.717, 1.165) is 42.0 Å². The van der Waals surface area contributed by atoms with Gasteiger partial charge in [0.1, 0.15) is 10.6 Å². The summed E-state index contributed by atoms with van der Waals surface area (Å²) in [6.07, 6.45) is 2.00. The van der Waals surface area contributed by atoms with Crippen molar-refractivity contribution in [1.82, 2.24) is 9.97 Å². The van der Waals surface area contributed by atoms with Crippen LogP contribution in [0.15, 0.2) is 11.4 Å². The Labute approximate surface area is 115 Å². The molecule has 4 N–H and O–H groups in total. The predicted molar refractivity (Wildman–Crippen MR) is 77.2 cm³/mol. The summed E-state index contributed by atoms with van der Waals surface area (Å²) in [5.74, 6) is 7.24. The maximum absolute atomic E-state index is 9.20. The number of aliphatic hydroxyl groups excluding tert-OH is 1. The highest BCUT2D eigenvalue weighted by molar-refractivity contribution is 7.16. The highest BCUT2D eigenvalue weighted by Crippen LogP contribution is 2.31. The number of thiophene rings is 1. The normalized spacial score (nSPS) is 17.1. The molecule has 1 aliphatic rings. The Kier molecular flexibility index (Phi) is 3.50. The summed E-state index contributed by atoms with van der Waals surface area (Å²) in [6, 6.07) is 2.05. The number of piperidine rings is 1.